The third-order valence-corrected chi connectivity index (χ3v) is 5.56. The number of hydrogen-bond acceptors (Lipinski definition) is 4. The van der Waals surface area contributed by atoms with Gasteiger partial charge in [-0.3, -0.25) is 9.69 Å². The number of piperidine rings is 1. The van der Waals surface area contributed by atoms with Gasteiger partial charge in [-0.1, -0.05) is 66.7 Å². The fourth-order valence-electron chi connectivity index (χ4n) is 4.01. The van der Waals surface area contributed by atoms with Gasteiger partial charge in [0.15, 0.2) is 5.78 Å². The molecule has 0 saturated carbocycles. The average Bonchev–Trinajstić information content (AvgIpc) is 2.83. The van der Waals surface area contributed by atoms with Crippen LogP contribution >= 0.6 is 0 Å². The van der Waals surface area contributed by atoms with Crippen molar-refractivity contribution >= 4 is 17.9 Å². The average molecular weight is 426 g/mol. The summed E-state index contributed by atoms with van der Waals surface area (Å²) in [6.07, 6.45) is 3.91. The maximum absolute atomic E-state index is 13.5. The quantitative estimate of drug-likeness (QED) is 0.505. The third kappa shape index (κ3) is 4.98. The van der Waals surface area contributed by atoms with Crippen molar-refractivity contribution in [2.45, 2.75) is 6.54 Å². The molecule has 3 aromatic rings. The van der Waals surface area contributed by atoms with Gasteiger partial charge < -0.3 is 9.47 Å². The Bertz CT molecular complexity index is 1080. The van der Waals surface area contributed by atoms with Crippen LogP contribution in [0.25, 0.3) is 12.2 Å². The van der Waals surface area contributed by atoms with Crippen LogP contribution < -0.4 is 9.47 Å². The fraction of sp³-hybridized carbons (Fsp3) is 0.179. The predicted octanol–water partition coefficient (Wildman–Crippen LogP) is 5.26. The van der Waals surface area contributed by atoms with Gasteiger partial charge in [-0.15, -0.1) is 0 Å². The molecule has 0 amide bonds. The number of methoxy groups -OCH3 is 2. The first kappa shape index (κ1) is 21.6. The van der Waals surface area contributed by atoms with Crippen LogP contribution in [-0.4, -0.2) is 38.0 Å². The molecule has 162 valence electrons. The number of carbonyl (C=O) groups is 1. The number of hydrogen-bond donors (Lipinski definition) is 0. The molecule has 3 aromatic carbocycles. The van der Waals surface area contributed by atoms with Crippen LogP contribution in [0.3, 0.4) is 0 Å². The van der Waals surface area contributed by atoms with Crippen molar-refractivity contribution in [1.82, 2.24) is 4.90 Å². The lowest BCUT2D eigenvalue weighted by Gasteiger charge is -2.30. The van der Waals surface area contributed by atoms with E-state index in [-0.39, 0.29) is 5.78 Å². The molecule has 1 aliphatic heterocycles. The van der Waals surface area contributed by atoms with E-state index in [1.54, 1.807) is 14.2 Å². The Morgan fingerprint density at radius 3 is 1.69 bits per heavy atom. The monoisotopic (exact) mass is 425 g/mol. The predicted molar refractivity (Wildman–Crippen MR) is 129 cm³/mol. The topological polar surface area (TPSA) is 38.8 Å². The Labute approximate surface area is 189 Å². The summed E-state index contributed by atoms with van der Waals surface area (Å²) in [5.41, 5.74) is 4.51. The van der Waals surface area contributed by atoms with E-state index in [0.717, 1.165) is 40.3 Å². The van der Waals surface area contributed by atoms with Gasteiger partial charge in [0, 0.05) is 41.9 Å². The number of ether oxygens (including phenoxy) is 2. The van der Waals surface area contributed by atoms with Crippen molar-refractivity contribution < 1.29 is 14.3 Å². The summed E-state index contributed by atoms with van der Waals surface area (Å²) in [5, 5.41) is 0. The Hall–Kier alpha value is -3.63. The molecule has 4 heteroatoms. The highest BCUT2D eigenvalue weighted by molar-refractivity contribution is 6.14. The van der Waals surface area contributed by atoms with E-state index in [2.05, 4.69) is 17.0 Å². The molecule has 0 spiro atoms. The van der Waals surface area contributed by atoms with E-state index < -0.39 is 0 Å². The Morgan fingerprint density at radius 1 is 0.719 bits per heavy atom. The normalized spacial score (nSPS) is 17.0. The highest BCUT2D eigenvalue weighted by atomic mass is 16.5. The summed E-state index contributed by atoms with van der Waals surface area (Å²) in [6.45, 7) is 1.92. The van der Waals surface area contributed by atoms with Crippen molar-refractivity contribution in [3.05, 3.63) is 107 Å². The highest BCUT2D eigenvalue weighted by Crippen LogP contribution is 2.28. The summed E-state index contributed by atoms with van der Waals surface area (Å²) >= 11 is 0. The van der Waals surface area contributed by atoms with E-state index in [9.17, 15) is 4.79 Å². The number of nitrogens with zero attached hydrogens (tertiary/aromatic N) is 1. The first-order chi connectivity index (χ1) is 15.7. The summed E-state index contributed by atoms with van der Waals surface area (Å²) < 4.78 is 11.0. The van der Waals surface area contributed by atoms with Gasteiger partial charge in [0.25, 0.3) is 0 Å². The van der Waals surface area contributed by atoms with E-state index in [1.807, 2.05) is 78.9 Å². The minimum atomic E-state index is 0.0612. The van der Waals surface area contributed by atoms with E-state index in [0.29, 0.717) is 13.1 Å². The first-order valence-corrected chi connectivity index (χ1v) is 10.7. The summed E-state index contributed by atoms with van der Waals surface area (Å²) in [6, 6.07) is 25.9. The van der Waals surface area contributed by atoms with E-state index >= 15 is 0 Å². The van der Waals surface area contributed by atoms with E-state index in [1.165, 1.54) is 5.56 Å². The number of ketones is 1. The molecule has 4 rings (SSSR count). The fourth-order valence-corrected chi connectivity index (χ4v) is 4.01. The maximum Gasteiger partial charge on any atom is 0.187 e. The second kappa shape index (κ2) is 10.1. The highest BCUT2D eigenvalue weighted by Gasteiger charge is 2.26. The second-order valence-corrected chi connectivity index (χ2v) is 7.78. The van der Waals surface area contributed by atoms with Crippen molar-refractivity contribution in [2.24, 2.45) is 0 Å². The lowest BCUT2D eigenvalue weighted by Crippen LogP contribution is -2.37. The van der Waals surface area contributed by atoms with Crippen molar-refractivity contribution in [2.75, 3.05) is 27.3 Å². The number of para-hydroxylation sites is 2. The summed E-state index contributed by atoms with van der Waals surface area (Å²) in [5.74, 6) is 1.57. The minimum Gasteiger partial charge on any atom is -0.496 e. The van der Waals surface area contributed by atoms with Gasteiger partial charge >= 0.3 is 0 Å². The molecular weight excluding hydrogens is 398 g/mol. The zero-order chi connectivity index (χ0) is 22.3. The molecule has 1 saturated heterocycles. The van der Waals surface area contributed by atoms with Crippen LogP contribution in [0.4, 0.5) is 0 Å². The molecule has 0 aliphatic carbocycles. The molecule has 1 fully saturated rings. The van der Waals surface area contributed by atoms with Crippen molar-refractivity contribution in [3.63, 3.8) is 0 Å². The summed E-state index contributed by atoms with van der Waals surface area (Å²) in [7, 11) is 3.30. The Kier molecular flexibility index (Phi) is 6.83. The molecule has 0 atom stereocenters. The van der Waals surface area contributed by atoms with Gasteiger partial charge in [-0.25, -0.2) is 0 Å². The second-order valence-electron chi connectivity index (χ2n) is 7.78. The number of likely N-dealkylation sites (tertiary alicyclic amines) is 1. The van der Waals surface area contributed by atoms with Crippen LogP contribution in [0.2, 0.25) is 0 Å². The molecule has 0 bridgehead atoms. The van der Waals surface area contributed by atoms with Crippen molar-refractivity contribution in [3.8, 4) is 11.5 Å². The van der Waals surface area contributed by atoms with Gasteiger partial charge in [0.2, 0.25) is 0 Å². The van der Waals surface area contributed by atoms with E-state index in [4.69, 9.17) is 9.47 Å². The van der Waals surface area contributed by atoms with Crippen LogP contribution in [0, 0.1) is 0 Å². The molecular formula is C28H27NO3. The molecule has 0 N–H and O–H groups in total. The zero-order valence-corrected chi connectivity index (χ0v) is 18.5. The lowest BCUT2D eigenvalue weighted by molar-refractivity contribution is -0.113. The molecule has 0 unspecified atom stereocenters. The molecule has 32 heavy (non-hydrogen) atoms. The number of rotatable bonds is 6. The number of Topliss-reactive ketones (excluding diaryl/α,β-unsaturated/α-hetero) is 1. The minimum absolute atomic E-state index is 0.0612. The smallest absolute Gasteiger partial charge is 0.187 e. The van der Waals surface area contributed by atoms with Gasteiger partial charge in [-0.2, -0.15) is 0 Å². The molecule has 0 radical (unpaired) electrons. The zero-order valence-electron chi connectivity index (χ0n) is 18.5. The van der Waals surface area contributed by atoms with Gasteiger partial charge in [0.05, 0.1) is 14.2 Å². The number of carbonyl (C=O) groups excluding carboxylic acids is 1. The van der Waals surface area contributed by atoms with Gasteiger partial charge in [-0.05, 0) is 29.8 Å². The SMILES string of the molecule is COc1ccccc1C=C1CN(Cc2ccccc2)CC(=Cc2ccccc2OC)C1=O. The Morgan fingerprint density at radius 2 is 1.19 bits per heavy atom. The first-order valence-electron chi connectivity index (χ1n) is 10.7. The molecule has 4 nitrogen and oxygen atoms in total. The number of benzene rings is 3. The van der Waals surface area contributed by atoms with Crippen LogP contribution in [0.1, 0.15) is 16.7 Å². The molecule has 1 aliphatic rings. The van der Waals surface area contributed by atoms with Crippen LogP contribution in [0.15, 0.2) is 90.0 Å². The third-order valence-electron chi connectivity index (χ3n) is 5.56. The van der Waals surface area contributed by atoms with Gasteiger partial charge in [0.1, 0.15) is 11.5 Å². The van der Waals surface area contributed by atoms with Crippen LogP contribution in [0.5, 0.6) is 11.5 Å². The standard InChI is InChI=1S/C28H27NO3/c1-31-26-14-8-6-12-22(26)16-24-19-29(18-21-10-4-3-5-11-21)20-25(28(24)30)17-23-13-7-9-15-27(23)32-2/h3-17H,18-20H2,1-2H3. The largest absolute Gasteiger partial charge is 0.496 e. The Balaban J connectivity index is 1.73. The molecule has 0 aromatic heterocycles. The summed E-state index contributed by atoms with van der Waals surface area (Å²) in [4.78, 5) is 15.8. The van der Waals surface area contributed by atoms with Crippen molar-refractivity contribution in [1.29, 1.82) is 0 Å². The lowest BCUT2D eigenvalue weighted by atomic mass is 9.93. The maximum atomic E-state index is 13.5. The van der Waals surface area contributed by atoms with Crippen LogP contribution in [-0.2, 0) is 11.3 Å². The molecule has 1 heterocycles.